The number of benzene rings is 3. The Bertz CT molecular complexity index is 1230. The van der Waals surface area contributed by atoms with Crippen LogP contribution in [0.2, 0.25) is 0 Å². The highest BCUT2D eigenvalue weighted by atomic mass is 32.2. The van der Waals surface area contributed by atoms with Crippen LogP contribution >= 0.6 is 11.8 Å². The SMILES string of the molecule is CC(c1ccccc1)N(C)C(=O)CSC1=N/C(=C\c2ccccc2)C(=O)N1c1ccc(F)cc1. The van der Waals surface area contributed by atoms with Gasteiger partial charge in [0.2, 0.25) is 5.91 Å². The molecule has 1 atom stereocenters. The van der Waals surface area contributed by atoms with Crippen molar-refractivity contribution in [2.45, 2.75) is 13.0 Å². The number of aliphatic imine (C=N–C) groups is 1. The molecule has 1 unspecified atom stereocenters. The molecule has 0 bridgehead atoms. The van der Waals surface area contributed by atoms with E-state index in [1.165, 1.54) is 40.9 Å². The molecule has 1 aliphatic rings. The molecule has 3 aromatic rings. The Kier molecular flexibility index (Phi) is 7.23. The van der Waals surface area contributed by atoms with E-state index in [-0.39, 0.29) is 29.3 Å². The third kappa shape index (κ3) is 5.26. The Morgan fingerprint density at radius 2 is 1.65 bits per heavy atom. The smallest absolute Gasteiger partial charge is 0.283 e. The normalized spacial score (nSPS) is 15.4. The second-order valence-electron chi connectivity index (χ2n) is 7.83. The molecule has 1 aliphatic heterocycles. The Balaban J connectivity index is 1.55. The van der Waals surface area contributed by atoms with E-state index < -0.39 is 5.82 Å². The number of amidine groups is 1. The summed E-state index contributed by atoms with van der Waals surface area (Å²) in [4.78, 5) is 33.8. The average molecular weight is 474 g/mol. The van der Waals surface area contributed by atoms with Crippen molar-refractivity contribution in [1.29, 1.82) is 0 Å². The molecule has 0 N–H and O–H groups in total. The predicted molar refractivity (Wildman–Crippen MR) is 136 cm³/mol. The Hall–Kier alpha value is -3.71. The van der Waals surface area contributed by atoms with Gasteiger partial charge < -0.3 is 4.90 Å². The molecule has 0 aromatic heterocycles. The lowest BCUT2D eigenvalue weighted by Gasteiger charge is -2.25. The summed E-state index contributed by atoms with van der Waals surface area (Å²) in [6.45, 7) is 1.97. The first-order chi connectivity index (χ1) is 16.4. The highest BCUT2D eigenvalue weighted by molar-refractivity contribution is 8.14. The fourth-order valence-electron chi connectivity index (χ4n) is 3.52. The van der Waals surface area contributed by atoms with Crippen LogP contribution < -0.4 is 4.90 Å². The van der Waals surface area contributed by atoms with Crippen molar-refractivity contribution in [1.82, 2.24) is 4.90 Å². The zero-order valence-electron chi connectivity index (χ0n) is 18.9. The molecule has 2 amide bonds. The number of amides is 2. The third-order valence-corrected chi connectivity index (χ3v) is 6.52. The van der Waals surface area contributed by atoms with E-state index in [0.717, 1.165) is 11.1 Å². The Labute approximate surface area is 202 Å². The van der Waals surface area contributed by atoms with E-state index in [0.29, 0.717) is 10.9 Å². The predicted octanol–water partition coefficient (Wildman–Crippen LogP) is 5.52. The second kappa shape index (κ2) is 10.5. The van der Waals surface area contributed by atoms with E-state index in [1.807, 2.05) is 67.6 Å². The van der Waals surface area contributed by atoms with Crippen molar-refractivity contribution in [2.24, 2.45) is 4.99 Å². The molecule has 7 heteroatoms. The topological polar surface area (TPSA) is 53.0 Å². The van der Waals surface area contributed by atoms with Crippen molar-refractivity contribution in [3.05, 3.63) is 108 Å². The molecule has 4 rings (SSSR count). The van der Waals surface area contributed by atoms with Gasteiger partial charge in [0.25, 0.3) is 5.91 Å². The van der Waals surface area contributed by atoms with Gasteiger partial charge >= 0.3 is 0 Å². The molecular weight excluding hydrogens is 449 g/mol. The third-order valence-electron chi connectivity index (χ3n) is 5.60. The summed E-state index contributed by atoms with van der Waals surface area (Å²) in [6, 6.07) is 24.8. The van der Waals surface area contributed by atoms with Gasteiger partial charge in [0.15, 0.2) is 5.17 Å². The van der Waals surface area contributed by atoms with Gasteiger partial charge in [0, 0.05) is 7.05 Å². The van der Waals surface area contributed by atoms with Gasteiger partial charge in [-0.25, -0.2) is 9.38 Å². The van der Waals surface area contributed by atoms with Crippen molar-refractivity contribution in [3.8, 4) is 0 Å². The molecule has 0 fully saturated rings. The highest BCUT2D eigenvalue weighted by Crippen LogP contribution is 2.30. The minimum absolute atomic E-state index is 0.0870. The molecule has 172 valence electrons. The van der Waals surface area contributed by atoms with Crippen LogP contribution in [0.5, 0.6) is 0 Å². The first-order valence-corrected chi connectivity index (χ1v) is 11.8. The number of hydrogen-bond donors (Lipinski definition) is 0. The largest absolute Gasteiger partial charge is 0.338 e. The monoisotopic (exact) mass is 473 g/mol. The van der Waals surface area contributed by atoms with Crippen molar-refractivity contribution in [3.63, 3.8) is 0 Å². The van der Waals surface area contributed by atoms with Crippen LogP contribution in [0.4, 0.5) is 10.1 Å². The summed E-state index contributed by atoms with van der Waals surface area (Å²) >= 11 is 1.19. The summed E-state index contributed by atoms with van der Waals surface area (Å²) < 4.78 is 13.5. The van der Waals surface area contributed by atoms with Crippen molar-refractivity contribution >= 4 is 40.5 Å². The Morgan fingerprint density at radius 3 is 2.29 bits per heavy atom. The van der Waals surface area contributed by atoms with Gasteiger partial charge in [-0.1, -0.05) is 72.4 Å². The van der Waals surface area contributed by atoms with E-state index >= 15 is 0 Å². The van der Waals surface area contributed by atoms with Crippen molar-refractivity contribution in [2.75, 3.05) is 17.7 Å². The Morgan fingerprint density at radius 1 is 1.03 bits per heavy atom. The van der Waals surface area contributed by atoms with Gasteiger partial charge in [-0.3, -0.25) is 14.5 Å². The number of halogens is 1. The van der Waals surface area contributed by atoms with Gasteiger partial charge in [0.05, 0.1) is 17.5 Å². The molecule has 0 radical (unpaired) electrons. The van der Waals surface area contributed by atoms with Crippen LogP contribution in [-0.4, -0.2) is 34.7 Å². The average Bonchev–Trinajstić information content (AvgIpc) is 3.18. The fourth-order valence-corrected chi connectivity index (χ4v) is 4.45. The number of anilines is 1. The summed E-state index contributed by atoms with van der Waals surface area (Å²) in [5.74, 6) is -0.698. The number of rotatable bonds is 6. The minimum Gasteiger partial charge on any atom is -0.338 e. The molecular formula is C27H24FN3O2S. The lowest BCUT2D eigenvalue weighted by atomic mass is 10.1. The molecule has 1 heterocycles. The first kappa shape index (κ1) is 23.4. The number of nitrogens with zero attached hydrogens (tertiary/aromatic N) is 3. The zero-order chi connectivity index (χ0) is 24.1. The summed E-state index contributed by atoms with van der Waals surface area (Å²) in [6.07, 6.45) is 1.71. The van der Waals surface area contributed by atoms with E-state index in [1.54, 1.807) is 18.0 Å². The quantitative estimate of drug-likeness (QED) is 0.443. The molecule has 34 heavy (non-hydrogen) atoms. The maximum atomic E-state index is 13.5. The maximum absolute atomic E-state index is 13.5. The number of carbonyl (C=O) groups excluding carboxylic acids is 2. The van der Waals surface area contributed by atoms with E-state index in [4.69, 9.17) is 0 Å². The van der Waals surface area contributed by atoms with E-state index in [2.05, 4.69) is 4.99 Å². The standard InChI is InChI=1S/C27H24FN3O2S/c1-19(21-11-7-4-8-12-21)30(2)25(32)18-34-27-29-24(17-20-9-5-3-6-10-20)26(33)31(27)23-15-13-22(28)14-16-23/h3-17,19H,18H2,1-2H3/b24-17-. The number of carbonyl (C=O) groups is 2. The van der Waals surface area contributed by atoms with Crippen LogP contribution in [0.15, 0.2) is 95.6 Å². The van der Waals surface area contributed by atoms with Crippen LogP contribution in [0.1, 0.15) is 24.1 Å². The van der Waals surface area contributed by atoms with Gasteiger partial charge in [-0.05, 0) is 48.4 Å². The van der Waals surface area contributed by atoms with Gasteiger partial charge in [-0.2, -0.15) is 0 Å². The molecule has 0 saturated heterocycles. The zero-order valence-corrected chi connectivity index (χ0v) is 19.7. The van der Waals surface area contributed by atoms with Crippen LogP contribution in [-0.2, 0) is 9.59 Å². The summed E-state index contributed by atoms with van der Waals surface area (Å²) in [5, 5.41) is 0.382. The van der Waals surface area contributed by atoms with Gasteiger partial charge in [-0.15, -0.1) is 0 Å². The molecule has 5 nitrogen and oxygen atoms in total. The van der Waals surface area contributed by atoms with Crippen LogP contribution in [0.25, 0.3) is 6.08 Å². The first-order valence-electron chi connectivity index (χ1n) is 10.8. The maximum Gasteiger partial charge on any atom is 0.283 e. The number of hydrogen-bond acceptors (Lipinski definition) is 4. The fraction of sp³-hybridized carbons (Fsp3) is 0.148. The lowest BCUT2D eigenvalue weighted by molar-refractivity contribution is -0.128. The minimum atomic E-state index is -0.395. The summed E-state index contributed by atoms with van der Waals surface area (Å²) in [7, 11) is 1.76. The molecule has 0 saturated carbocycles. The van der Waals surface area contributed by atoms with Crippen molar-refractivity contribution < 1.29 is 14.0 Å². The van der Waals surface area contributed by atoms with Crippen LogP contribution in [0, 0.1) is 5.82 Å². The van der Waals surface area contributed by atoms with Gasteiger partial charge in [0.1, 0.15) is 11.5 Å². The van der Waals surface area contributed by atoms with E-state index in [9.17, 15) is 14.0 Å². The molecule has 0 spiro atoms. The number of thioether (sulfide) groups is 1. The molecule has 0 aliphatic carbocycles. The summed E-state index contributed by atoms with van der Waals surface area (Å²) in [5.41, 5.74) is 2.63. The highest BCUT2D eigenvalue weighted by Gasteiger charge is 2.33. The van der Waals surface area contributed by atoms with Crippen LogP contribution in [0.3, 0.4) is 0 Å². The second-order valence-corrected chi connectivity index (χ2v) is 8.77. The lowest BCUT2D eigenvalue weighted by Crippen LogP contribution is -2.34. The molecule has 3 aromatic carbocycles.